The smallest absolute Gasteiger partial charge is 0.230 e. The van der Waals surface area contributed by atoms with Gasteiger partial charge in [0.05, 0.1) is 5.75 Å². The van der Waals surface area contributed by atoms with E-state index in [9.17, 15) is 4.79 Å². The normalized spacial score (nSPS) is 19.8. The van der Waals surface area contributed by atoms with Crippen molar-refractivity contribution in [3.8, 4) is 0 Å². The van der Waals surface area contributed by atoms with Gasteiger partial charge in [0.15, 0.2) is 0 Å². The average Bonchev–Trinajstić information content (AvgIpc) is 2.27. The van der Waals surface area contributed by atoms with Crippen LogP contribution in [0.15, 0.2) is 0 Å². The molecule has 4 heteroatoms. The van der Waals surface area contributed by atoms with Gasteiger partial charge in [0.2, 0.25) is 5.91 Å². The zero-order chi connectivity index (χ0) is 12.0. The predicted molar refractivity (Wildman–Crippen MR) is 68.7 cm³/mol. The third kappa shape index (κ3) is 5.21. The maximum absolute atomic E-state index is 11.7. The van der Waals surface area contributed by atoms with Gasteiger partial charge >= 0.3 is 0 Å². The van der Waals surface area contributed by atoms with Crippen LogP contribution in [-0.2, 0) is 9.53 Å². The van der Waals surface area contributed by atoms with Gasteiger partial charge in [-0.05, 0) is 18.8 Å². The van der Waals surface area contributed by atoms with Gasteiger partial charge in [-0.2, -0.15) is 0 Å². The van der Waals surface area contributed by atoms with Crippen LogP contribution in [0.2, 0.25) is 0 Å². The van der Waals surface area contributed by atoms with Crippen LogP contribution in [0.5, 0.6) is 0 Å². The highest BCUT2D eigenvalue weighted by Gasteiger charge is 2.17. The van der Waals surface area contributed by atoms with E-state index in [0.29, 0.717) is 23.0 Å². The van der Waals surface area contributed by atoms with Crippen LogP contribution in [0, 0.1) is 5.92 Å². The number of rotatable bonds is 5. The van der Waals surface area contributed by atoms with Gasteiger partial charge < -0.3 is 10.1 Å². The first-order valence-electron chi connectivity index (χ1n) is 6.08. The van der Waals surface area contributed by atoms with Crippen molar-refractivity contribution in [1.29, 1.82) is 0 Å². The van der Waals surface area contributed by atoms with E-state index in [1.54, 1.807) is 11.8 Å². The molecular formula is C12H23NO2S. The lowest BCUT2D eigenvalue weighted by Gasteiger charge is -2.23. The monoisotopic (exact) mass is 245 g/mol. The largest absolute Gasteiger partial charge is 0.381 e. The van der Waals surface area contributed by atoms with Crippen LogP contribution in [0.4, 0.5) is 0 Å². The molecule has 3 nitrogen and oxygen atoms in total. The van der Waals surface area contributed by atoms with Crippen LogP contribution in [0.25, 0.3) is 0 Å². The zero-order valence-electron chi connectivity index (χ0n) is 10.5. The Hall–Kier alpha value is -0.220. The second-order valence-corrected chi connectivity index (χ2v) is 6.08. The molecule has 1 unspecified atom stereocenters. The van der Waals surface area contributed by atoms with Crippen molar-refractivity contribution < 1.29 is 9.53 Å². The summed E-state index contributed by atoms with van der Waals surface area (Å²) in [6.45, 7) is 8.11. The Morgan fingerprint density at radius 1 is 1.38 bits per heavy atom. The van der Waals surface area contributed by atoms with Gasteiger partial charge in [-0.1, -0.05) is 20.8 Å². The van der Waals surface area contributed by atoms with Gasteiger partial charge in [-0.15, -0.1) is 11.8 Å². The quantitative estimate of drug-likeness (QED) is 0.806. The minimum atomic E-state index is 0.171. The van der Waals surface area contributed by atoms with Gasteiger partial charge in [0.1, 0.15) is 0 Å². The molecule has 1 atom stereocenters. The van der Waals surface area contributed by atoms with Gasteiger partial charge in [-0.3, -0.25) is 4.79 Å². The van der Waals surface area contributed by atoms with Gasteiger partial charge in [0.25, 0.3) is 0 Å². The minimum absolute atomic E-state index is 0.171. The first-order chi connectivity index (χ1) is 7.59. The Kier molecular flexibility index (Phi) is 6.21. The second-order valence-electron chi connectivity index (χ2n) is 4.71. The molecule has 1 fully saturated rings. The van der Waals surface area contributed by atoms with Crippen LogP contribution in [0.1, 0.15) is 33.6 Å². The molecule has 0 aromatic rings. The maximum atomic E-state index is 11.7. The van der Waals surface area contributed by atoms with E-state index in [1.807, 2.05) is 0 Å². The molecular weight excluding hydrogens is 222 g/mol. The maximum Gasteiger partial charge on any atom is 0.230 e. The molecule has 1 N–H and O–H groups in total. The summed E-state index contributed by atoms with van der Waals surface area (Å²) in [5.41, 5.74) is 0. The summed E-state index contributed by atoms with van der Waals surface area (Å²) in [5, 5.41) is 3.62. The van der Waals surface area contributed by atoms with Crippen LogP contribution < -0.4 is 5.32 Å². The third-order valence-corrected chi connectivity index (χ3v) is 4.50. The molecule has 0 spiro atoms. The Balaban J connectivity index is 2.14. The van der Waals surface area contributed by atoms with Gasteiger partial charge in [0, 0.05) is 24.5 Å². The molecule has 0 radical (unpaired) electrons. The third-order valence-electron chi connectivity index (χ3n) is 3.00. The summed E-state index contributed by atoms with van der Waals surface area (Å²) in [4.78, 5) is 11.7. The standard InChI is InChI=1S/C12H23NO2S/c1-9(2)10(3)16-8-12(14)13-11-4-6-15-7-5-11/h9-11H,4-8H2,1-3H3,(H,13,14). The van der Waals surface area contributed by atoms with Gasteiger partial charge in [-0.25, -0.2) is 0 Å². The summed E-state index contributed by atoms with van der Waals surface area (Å²) in [7, 11) is 0. The van der Waals surface area contributed by atoms with Crippen LogP contribution in [0.3, 0.4) is 0 Å². The number of ether oxygens (including phenoxy) is 1. The van der Waals surface area contributed by atoms with E-state index >= 15 is 0 Å². The van der Waals surface area contributed by atoms with E-state index in [1.165, 1.54) is 0 Å². The number of hydrogen-bond donors (Lipinski definition) is 1. The summed E-state index contributed by atoms with van der Waals surface area (Å²) < 4.78 is 5.25. The molecule has 1 aliphatic heterocycles. The summed E-state index contributed by atoms with van der Waals surface area (Å²) in [6, 6.07) is 0.330. The van der Waals surface area contributed by atoms with Crippen LogP contribution in [-0.4, -0.2) is 36.2 Å². The van der Waals surface area contributed by atoms with Crippen molar-refractivity contribution in [1.82, 2.24) is 5.32 Å². The van der Waals surface area contributed by atoms with E-state index in [2.05, 4.69) is 26.1 Å². The highest BCUT2D eigenvalue weighted by atomic mass is 32.2. The van der Waals surface area contributed by atoms with E-state index < -0.39 is 0 Å². The molecule has 0 aromatic carbocycles. The second kappa shape index (κ2) is 7.17. The summed E-state index contributed by atoms with van der Waals surface area (Å²) in [6.07, 6.45) is 1.91. The van der Waals surface area contributed by atoms with E-state index in [4.69, 9.17) is 4.74 Å². The van der Waals surface area contributed by atoms with E-state index in [-0.39, 0.29) is 5.91 Å². The SMILES string of the molecule is CC(C)C(C)SCC(=O)NC1CCOCC1. The number of amides is 1. The first-order valence-corrected chi connectivity index (χ1v) is 7.13. The molecule has 1 amide bonds. The van der Waals surface area contributed by atoms with E-state index in [0.717, 1.165) is 26.1 Å². The molecule has 1 aliphatic rings. The van der Waals surface area contributed by atoms with Crippen molar-refractivity contribution in [2.24, 2.45) is 5.92 Å². The number of nitrogens with one attached hydrogen (secondary N) is 1. The minimum Gasteiger partial charge on any atom is -0.381 e. The molecule has 1 saturated heterocycles. The Bertz CT molecular complexity index is 215. The molecule has 16 heavy (non-hydrogen) atoms. The zero-order valence-corrected chi connectivity index (χ0v) is 11.3. The van der Waals surface area contributed by atoms with Crippen LogP contribution >= 0.6 is 11.8 Å². The first kappa shape index (κ1) is 13.8. The number of hydrogen-bond acceptors (Lipinski definition) is 3. The molecule has 0 aromatic heterocycles. The van der Waals surface area contributed by atoms with Crippen molar-refractivity contribution in [3.05, 3.63) is 0 Å². The average molecular weight is 245 g/mol. The number of carbonyl (C=O) groups excluding carboxylic acids is 1. The lowest BCUT2D eigenvalue weighted by molar-refractivity contribution is -0.119. The highest BCUT2D eigenvalue weighted by Crippen LogP contribution is 2.18. The molecule has 94 valence electrons. The predicted octanol–water partition coefficient (Wildman–Crippen LogP) is 2.06. The number of thioether (sulfide) groups is 1. The fraction of sp³-hybridized carbons (Fsp3) is 0.917. The van der Waals surface area contributed by atoms with Crippen molar-refractivity contribution in [3.63, 3.8) is 0 Å². The molecule has 1 rings (SSSR count). The molecule has 0 saturated carbocycles. The topological polar surface area (TPSA) is 38.3 Å². The Morgan fingerprint density at radius 2 is 2.00 bits per heavy atom. The summed E-state index contributed by atoms with van der Waals surface area (Å²) in [5.74, 6) is 1.38. The fourth-order valence-corrected chi connectivity index (χ4v) is 2.39. The summed E-state index contributed by atoms with van der Waals surface area (Å²) >= 11 is 1.74. The fourth-order valence-electron chi connectivity index (χ4n) is 1.51. The highest BCUT2D eigenvalue weighted by molar-refractivity contribution is 8.00. The lowest BCUT2D eigenvalue weighted by Crippen LogP contribution is -2.40. The lowest BCUT2D eigenvalue weighted by atomic mass is 10.1. The molecule has 0 bridgehead atoms. The number of carbonyl (C=O) groups is 1. The van der Waals surface area contributed by atoms with Crippen molar-refractivity contribution in [2.75, 3.05) is 19.0 Å². The Labute approximate surface area is 103 Å². The molecule has 1 heterocycles. The van der Waals surface area contributed by atoms with Crippen molar-refractivity contribution in [2.45, 2.75) is 44.9 Å². The molecule has 0 aliphatic carbocycles. The Morgan fingerprint density at radius 3 is 2.56 bits per heavy atom. The van der Waals surface area contributed by atoms with Crippen molar-refractivity contribution >= 4 is 17.7 Å².